The highest BCUT2D eigenvalue weighted by Gasteiger charge is 2.22. The first-order valence-electron chi connectivity index (χ1n) is 28.9. The molecule has 0 saturated carbocycles. The van der Waals surface area contributed by atoms with E-state index < -0.39 is 0 Å². The number of nitrogens with zero attached hydrogens (tertiary/aromatic N) is 7. The highest BCUT2D eigenvalue weighted by Crippen LogP contribution is 2.30. The highest BCUT2D eigenvalue weighted by atomic mass is 16.6. The molecule has 12 rings (SSSR count). The predicted molar refractivity (Wildman–Crippen MR) is 329 cm³/mol. The molecule has 0 amide bonds. The van der Waals surface area contributed by atoms with Crippen LogP contribution in [0, 0.1) is 40.5 Å². The minimum Gasteiger partial charge on any atom is -0.316 e. The van der Waals surface area contributed by atoms with Crippen LogP contribution in [0.4, 0.5) is 22.7 Å². The molecule has 2 N–H and O–H groups in total. The highest BCUT2D eigenvalue weighted by molar-refractivity contribution is 5.48. The Kier molecular flexibility index (Phi) is 25.7. The lowest BCUT2D eigenvalue weighted by Crippen LogP contribution is -2.20. The number of likely N-dealkylation sites (N-methyl/N-ethyl adjacent to an activating group) is 3. The van der Waals surface area contributed by atoms with Crippen molar-refractivity contribution in [3.05, 3.63) is 229 Å². The van der Waals surface area contributed by atoms with Crippen LogP contribution < -0.4 is 10.6 Å². The number of hydrogen-bond acceptors (Lipinski definition) is 13. The number of nitro groups is 4. The van der Waals surface area contributed by atoms with Crippen LogP contribution in [0.1, 0.15) is 93.5 Å². The Balaban J connectivity index is 0.000000158. The third kappa shape index (κ3) is 19.2. The monoisotopic (exact) mass is 1120 g/mol. The molecule has 5 heterocycles. The number of benzene rings is 6. The summed E-state index contributed by atoms with van der Waals surface area (Å²) in [6.45, 7) is 10.3. The van der Waals surface area contributed by atoms with Gasteiger partial charge in [0.25, 0.3) is 22.7 Å². The predicted octanol–water partition coefficient (Wildman–Crippen LogP) is 11.1. The van der Waals surface area contributed by atoms with Crippen LogP contribution in [0.25, 0.3) is 0 Å². The van der Waals surface area contributed by atoms with Gasteiger partial charge in [-0.3, -0.25) is 40.5 Å². The van der Waals surface area contributed by atoms with Gasteiger partial charge in [-0.2, -0.15) is 0 Å². The molecular weight excluding hydrogens is 1030 g/mol. The van der Waals surface area contributed by atoms with Gasteiger partial charge in [-0.1, -0.05) is 105 Å². The average molecular weight is 1120 g/mol. The number of fused-ring (bicyclic) bond motifs is 6. The van der Waals surface area contributed by atoms with Crippen molar-refractivity contribution >= 4 is 22.7 Å². The first-order valence-corrected chi connectivity index (χ1v) is 28.9. The zero-order valence-corrected chi connectivity index (χ0v) is 47.6. The van der Waals surface area contributed by atoms with Crippen molar-refractivity contribution in [3.8, 4) is 0 Å². The normalized spacial score (nSPS) is 16.5. The van der Waals surface area contributed by atoms with Crippen LogP contribution in [0.15, 0.2) is 121 Å². The van der Waals surface area contributed by atoms with Gasteiger partial charge in [-0.05, 0) is 187 Å². The van der Waals surface area contributed by atoms with Crippen LogP contribution in [0.2, 0.25) is 0 Å². The Morgan fingerprint density at radius 1 is 0.329 bits per heavy atom. The number of nitrogens with one attached hydrogen (secondary N) is 2. The average Bonchev–Trinajstić information content (AvgIpc) is 4.17. The molecule has 0 unspecified atom stereocenters. The molecule has 6 aliphatic rings. The third-order valence-corrected chi connectivity index (χ3v) is 16.2. The molecule has 6 aromatic carbocycles. The van der Waals surface area contributed by atoms with Crippen LogP contribution in [0.3, 0.4) is 0 Å². The second-order valence-corrected chi connectivity index (χ2v) is 21.7. The Hall–Kier alpha value is -7.28. The summed E-state index contributed by atoms with van der Waals surface area (Å²) < 4.78 is 0. The van der Waals surface area contributed by atoms with E-state index in [9.17, 15) is 40.5 Å². The van der Waals surface area contributed by atoms with Crippen LogP contribution in [-0.4, -0.2) is 121 Å². The Morgan fingerprint density at radius 3 is 1.12 bits per heavy atom. The smallest absolute Gasteiger partial charge is 0.272 e. The standard InChI is InChI=1S/2C11H14N2O2.C11H13NO2.C11H15N.C10H12N2O2.C10H13N.CH4/c1-12-6-4-9-2-3-11(13(14)15)8-10(9)5-7-12;1-12-7-5-9-3-2-4-11(13(14)15)10(9)6-8-12;13-12(14)11-8-4-6-9-5-2-1-3-7-10(9)11;1-12-8-6-10-4-2-3-5-11(10)7-9-12;13-12(14)10-3-1-2-8-4-6-11-7-5-9(8)10;1-2-4-10-6-8-11-7-5-9(10)3-1;/h2-3,8H,4-7H2,1H3;2-4H,5-8H2,1H3;4,6,8H,1-3,5,7H2;2-5H,6-9H2,1H3;1-3,11H,4-7H2;1-4,11H,5-8H2;1H4. The molecule has 6 aromatic rings. The summed E-state index contributed by atoms with van der Waals surface area (Å²) in [6, 6.07) is 38.9. The van der Waals surface area contributed by atoms with Gasteiger partial charge in [0.15, 0.2) is 0 Å². The lowest BCUT2D eigenvalue weighted by molar-refractivity contribution is -0.385. The summed E-state index contributed by atoms with van der Waals surface area (Å²) in [5, 5.41) is 49.7. The summed E-state index contributed by atoms with van der Waals surface area (Å²) >= 11 is 0. The van der Waals surface area contributed by atoms with Crippen molar-refractivity contribution in [3.63, 3.8) is 0 Å². The molecule has 17 nitrogen and oxygen atoms in total. The topological polar surface area (TPSA) is 206 Å². The quantitative estimate of drug-likeness (QED) is 0.0958. The molecule has 82 heavy (non-hydrogen) atoms. The van der Waals surface area contributed by atoms with E-state index in [2.05, 4.69) is 95.0 Å². The molecule has 438 valence electrons. The maximum Gasteiger partial charge on any atom is 0.272 e. The second kappa shape index (κ2) is 33.0. The Labute approximate surface area is 484 Å². The van der Waals surface area contributed by atoms with Gasteiger partial charge in [-0.25, -0.2) is 0 Å². The zero-order chi connectivity index (χ0) is 57.5. The van der Waals surface area contributed by atoms with Crippen molar-refractivity contribution in [1.29, 1.82) is 0 Å². The van der Waals surface area contributed by atoms with Crippen LogP contribution in [-0.2, 0) is 77.0 Å². The first-order chi connectivity index (χ1) is 39.2. The van der Waals surface area contributed by atoms with Crippen LogP contribution in [0.5, 0.6) is 0 Å². The van der Waals surface area contributed by atoms with Gasteiger partial charge < -0.3 is 25.3 Å². The van der Waals surface area contributed by atoms with Gasteiger partial charge in [0, 0.05) is 86.3 Å². The van der Waals surface area contributed by atoms with Crippen molar-refractivity contribution in [2.24, 2.45) is 0 Å². The second-order valence-electron chi connectivity index (χ2n) is 21.7. The van der Waals surface area contributed by atoms with E-state index in [0.29, 0.717) is 5.69 Å². The van der Waals surface area contributed by atoms with E-state index in [1.807, 2.05) is 24.3 Å². The van der Waals surface area contributed by atoms with E-state index in [-0.39, 0.29) is 44.2 Å². The Bertz CT molecular complexity index is 2940. The van der Waals surface area contributed by atoms with E-state index in [0.717, 1.165) is 150 Å². The number of rotatable bonds is 4. The first kappa shape index (κ1) is 63.9. The molecule has 0 atom stereocenters. The summed E-state index contributed by atoms with van der Waals surface area (Å²) in [6.07, 6.45) is 15.3. The molecule has 0 fully saturated rings. The van der Waals surface area contributed by atoms with E-state index >= 15 is 0 Å². The number of hydrogen-bond donors (Lipinski definition) is 2. The summed E-state index contributed by atoms with van der Waals surface area (Å²) in [7, 11) is 6.34. The fourth-order valence-corrected chi connectivity index (χ4v) is 11.4. The Morgan fingerprint density at radius 2 is 0.659 bits per heavy atom. The summed E-state index contributed by atoms with van der Waals surface area (Å²) in [5.74, 6) is 0. The lowest BCUT2D eigenvalue weighted by atomic mass is 10.0. The number of aryl methyl sites for hydroxylation is 1. The van der Waals surface area contributed by atoms with Crippen molar-refractivity contribution in [2.45, 2.75) is 104 Å². The molecule has 0 saturated heterocycles. The number of non-ortho nitro benzene ring substituents is 1. The van der Waals surface area contributed by atoms with Gasteiger partial charge in [0.05, 0.1) is 19.7 Å². The van der Waals surface area contributed by atoms with Crippen LogP contribution >= 0.6 is 0 Å². The van der Waals surface area contributed by atoms with Gasteiger partial charge in [0.2, 0.25) is 0 Å². The van der Waals surface area contributed by atoms with Crippen molar-refractivity contribution in [2.75, 3.05) is 86.6 Å². The van der Waals surface area contributed by atoms with E-state index in [1.54, 1.807) is 59.7 Å². The van der Waals surface area contributed by atoms with Gasteiger partial charge >= 0.3 is 0 Å². The molecule has 0 bridgehead atoms. The minimum absolute atomic E-state index is 0. The van der Waals surface area contributed by atoms with Crippen molar-refractivity contribution < 1.29 is 19.7 Å². The zero-order valence-electron chi connectivity index (χ0n) is 47.6. The molecule has 0 spiro atoms. The molecule has 1 aliphatic carbocycles. The molecule has 5 aliphatic heterocycles. The molecule has 17 heteroatoms. The largest absolute Gasteiger partial charge is 0.316 e. The van der Waals surface area contributed by atoms with E-state index in [1.165, 1.54) is 67.4 Å². The molecular formula is C65H85N9O8. The van der Waals surface area contributed by atoms with Gasteiger partial charge in [0.1, 0.15) is 0 Å². The lowest BCUT2D eigenvalue weighted by Gasteiger charge is -2.10. The summed E-state index contributed by atoms with van der Waals surface area (Å²) in [4.78, 5) is 48.8. The fraction of sp³-hybridized carbons (Fsp3) is 0.446. The van der Waals surface area contributed by atoms with Gasteiger partial charge in [-0.15, -0.1) is 0 Å². The summed E-state index contributed by atoms with van der Waals surface area (Å²) in [5.41, 5.74) is 15.8. The van der Waals surface area contributed by atoms with Crippen molar-refractivity contribution in [1.82, 2.24) is 25.3 Å². The molecule has 0 radical (unpaired) electrons. The number of nitro benzene ring substituents is 4. The molecule has 0 aromatic heterocycles. The maximum atomic E-state index is 10.9. The van der Waals surface area contributed by atoms with E-state index in [4.69, 9.17) is 0 Å². The maximum absolute atomic E-state index is 10.9. The SMILES string of the molecule is C.CN1CCc2ccc([N+](=O)[O-])cc2CC1.CN1CCc2cccc([N+](=O)[O-])c2CC1.CN1CCc2ccccc2CC1.O=[N+]([O-])c1cccc2c1CCCCC2.O=[N+]([O-])c1cccc2c1CCNCC2.c1ccc2c(c1)CCNCC2. The fourth-order valence-electron chi connectivity index (χ4n) is 11.4. The minimum atomic E-state index is -0.325. The third-order valence-electron chi connectivity index (χ3n) is 16.2.